The molecule has 0 spiro atoms. The molecule has 67 heavy (non-hydrogen) atoms. The number of nitrogens with zero attached hydrogens (tertiary/aromatic N) is 3. The molecule has 0 bridgehead atoms. The SMILES string of the molecule is c1ccc(-c2ccc(-c3ccc(N(c4ccc(-c5ccccc5)cc4)c4ccc(-c5ccc(-c6cc(-c7ccc(-c8ccccc8)cc7)nc(-c7ccccc7)n6)cc5)cc4)cc3)cc2)cc1. The summed E-state index contributed by atoms with van der Waals surface area (Å²) in [5, 5.41) is 0. The molecular formula is C64H45N3. The van der Waals surface area contributed by atoms with Gasteiger partial charge in [-0.15, -0.1) is 0 Å². The molecule has 1 aromatic heterocycles. The minimum absolute atomic E-state index is 0.700. The van der Waals surface area contributed by atoms with E-state index >= 15 is 0 Å². The molecule has 1 heterocycles. The highest BCUT2D eigenvalue weighted by Crippen LogP contribution is 2.39. The predicted octanol–water partition coefficient (Wildman–Crippen LogP) is 17.3. The van der Waals surface area contributed by atoms with Crippen LogP contribution in [0.15, 0.2) is 273 Å². The summed E-state index contributed by atoms with van der Waals surface area (Å²) in [6, 6.07) is 96.6. The number of hydrogen-bond donors (Lipinski definition) is 0. The van der Waals surface area contributed by atoms with Crippen LogP contribution in [0, 0.1) is 0 Å². The lowest BCUT2D eigenvalue weighted by atomic mass is 9.99. The number of aromatic nitrogens is 2. The van der Waals surface area contributed by atoms with Gasteiger partial charge in [0.05, 0.1) is 11.4 Å². The highest BCUT2D eigenvalue weighted by atomic mass is 15.1. The van der Waals surface area contributed by atoms with E-state index in [9.17, 15) is 0 Å². The van der Waals surface area contributed by atoms with Crippen LogP contribution in [-0.4, -0.2) is 9.97 Å². The van der Waals surface area contributed by atoms with Gasteiger partial charge in [0.1, 0.15) is 0 Å². The van der Waals surface area contributed by atoms with E-state index in [0.717, 1.165) is 56.3 Å². The van der Waals surface area contributed by atoms with Gasteiger partial charge in [-0.1, -0.05) is 231 Å². The third kappa shape index (κ3) is 8.95. The van der Waals surface area contributed by atoms with Crippen molar-refractivity contribution in [2.75, 3.05) is 4.90 Å². The normalized spacial score (nSPS) is 11.0. The molecule has 0 fully saturated rings. The number of benzene rings is 10. The van der Waals surface area contributed by atoms with Crippen LogP contribution in [-0.2, 0) is 0 Å². The minimum atomic E-state index is 0.700. The molecule has 0 aliphatic heterocycles. The van der Waals surface area contributed by atoms with Crippen molar-refractivity contribution in [1.82, 2.24) is 9.97 Å². The van der Waals surface area contributed by atoms with Gasteiger partial charge in [-0.3, -0.25) is 0 Å². The summed E-state index contributed by atoms with van der Waals surface area (Å²) in [5.41, 5.74) is 19.9. The minimum Gasteiger partial charge on any atom is -0.311 e. The number of rotatable bonds is 11. The molecule has 0 aliphatic carbocycles. The summed E-state index contributed by atoms with van der Waals surface area (Å²) in [5.74, 6) is 0.700. The molecule has 0 N–H and O–H groups in total. The fraction of sp³-hybridized carbons (Fsp3) is 0. The highest BCUT2D eigenvalue weighted by Gasteiger charge is 2.15. The van der Waals surface area contributed by atoms with Crippen molar-refractivity contribution < 1.29 is 0 Å². The average molecular weight is 856 g/mol. The molecule has 0 unspecified atom stereocenters. The van der Waals surface area contributed by atoms with Gasteiger partial charge in [0.15, 0.2) is 5.82 Å². The Kier molecular flexibility index (Phi) is 11.4. The molecule has 0 saturated carbocycles. The molecule has 316 valence electrons. The van der Waals surface area contributed by atoms with Crippen LogP contribution >= 0.6 is 0 Å². The van der Waals surface area contributed by atoms with Gasteiger partial charge in [0, 0.05) is 33.8 Å². The van der Waals surface area contributed by atoms with E-state index in [1.807, 2.05) is 24.3 Å². The summed E-state index contributed by atoms with van der Waals surface area (Å²) < 4.78 is 0. The lowest BCUT2D eigenvalue weighted by Gasteiger charge is -2.26. The van der Waals surface area contributed by atoms with Crippen molar-refractivity contribution in [1.29, 1.82) is 0 Å². The molecule has 0 radical (unpaired) electrons. The quantitative estimate of drug-likeness (QED) is 0.130. The molecule has 0 saturated heterocycles. The highest BCUT2D eigenvalue weighted by molar-refractivity contribution is 5.82. The Balaban J connectivity index is 0.885. The molecule has 3 nitrogen and oxygen atoms in total. The van der Waals surface area contributed by atoms with E-state index < -0.39 is 0 Å². The number of anilines is 3. The predicted molar refractivity (Wildman–Crippen MR) is 280 cm³/mol. The van der Waals surface area contributed by atoms with Crippen LogP contribution < -0.4 is 4.90 Å². The third-order valence-corrected chi connectivity index (χ3v) is 12.4. The van der Waals surface area contributed by atoms with Crippen molar-refractivity contribution in [2.24, 2.45) is 0 Å². The first-order chi connectivity index (χ1) is 33.2. The topological polar surface area (TPSA) is 29.0 Å². The standard InChI is InChI=1S/C64H45N3/c1-5-13-46(14-6-1)49-21-23-51(24-22-49)54-35-41-60(42-36-54)67(59-39-33-53(34-40-59)48-17-9-3-10-18-48)61-43-37-55(38-44-61)52-27-31-57(32-28-52)63-45-62(65-64(66-63)58-19-11-4-12-20-58)56-29-25-50(26-30-56)47-15-7-2-8-16-47/h1-45H. The van der Waals surface area contributed by atoms with Crippen molar-refractivity contribution in [3.8, 4) is 89.5 Å². The van der Waals surface area contributed by atoms with Crippen LogP contribution in [0.4, 0.5) is 17.1 Å². The summed E-state index contributed by atoms with van der Waals surface area (Å²) in [4.78, 5) is 12.5. The molecular weight excluding hydrogens is 811 g/mol. The van der Waals surface area contributed by atoms with E-state index in [1.54, 1.807) is 0 Å². The Labute approximate surface area is 392 Å². The molecule has 0 amide bonds. The fourth-order valence-corrected chi connectivity index (χ4v) is 8.73. The first kappa shape index (κ1) is 40.8. The van der Waals surface area contributed by atoms with E-state index in [1.165, 1.54) is 44.5 Å². The second kappa shape index (κ2) is 18.7. The maximum Gasteiger partial charge on any atom is 0.160 e. The van der Waals surface area contributed by atoms with Crippen molar-refractivity contribution in [3.63, 3.8) is 0 Å². The molecule has 0 atom stereocenters. The van der Waals surface area contributed by atoms with E-state index in [4.69, 9.17) is 9.97 Å². The zero-order chi connectivity index (χ0) is 44.8. The monoisotopic (exact) mass is 855 g/mol. The first-order valence-electron chi connectivity index (χ1n) is 22.7. The first-order valence-corrected chi connectivity index (χ1v) is 22.7. The molecule has 11 rings (SSSR count). The van der Waals surface area contributed by atoms with E-state index in [-0.39, 0.29) is 0 Å². The van der Waals surface area contributed by atoms with Crippen molar-refractivity contribution in [3.05, 3.63) is 273 Å². The fourth-order valence-electron chi connectivity index (χ4n) is 8.73. The van der Waals surface area contributed by atoms with Crippen LogP contribution in [0.2, 0.25) is 0 Å². The largest absolute Gasteiger partial charge is 0.311 e. The summed E-state index contributed by atoms with van der Waals surface area (Å²) >= 11 is 0. The average Bonchev–Trinajstić information content (AvgIpc) is 3.42. The Morgan fingerprint density at radius 1 is 0.194 bits per heavy atom. The lowest BCUT2D eigenvalue weighted by Crippen LogP contribution is -2.09. The van der Waals surface area contributed by atoms with E-state index in [0.29, 0.717) is 5.82 Å². The maximum absolute atomic E-state index is 5.10. The van der Waals surface area contributed by atoms with E-state index in [2.05, 4.69) is 254 Å². The van der Waals surface area contributed by atoms with Gasteiger partial charge >= 0.3 is 0 Å². The van der Waals surface area contributed by atoms with Gasteiger partial charge in [-0.25, -0.2) is 9.97 Å². The number of hydrogen-bond acceptors (Lipinski definition) is 3. The Bertz CT molecular complexity index is 3350. The third-order valence-electron chi connectivity index (χ3n) is 12.4. The molecule has 0 aliphatic rings. The Morgan fingerprint density at radius 2 is 0.403 bits per heavy atom. The molecule has 10 aromatic carbocycles. The van der Waals surface area contributed by atoms with Crippen LogP contribution in [0.3, 0.4) is 0 Å². The second-order valence-corrected chi connectivity index (χ2v) is 16.6. The zero-order valence-corrected chi connectivity index (χ0v) is 36.8. The Hall–Kier alpha value is -8.92. The van der Waals surface area contributed by atoms with Gasteiger partial charge in [0.2, 0.25) is 0 Å². The smallest absolute Gasteiger partial charge is 0.160 e. The van der Waals surface area contributed by atoms with Gasteiger partial charge < -0.3 is 4.90 Å². The van der Waals surface area contributed by atoms with Crippen LogP contribution in [0.5, 0.6) is 0 Å². The van der Waals surface area contributed by atoms with Crippen molar-refractivity contribution in [2.45, 2.75) is 0 Å². The molecule has 11 aromatic rings. The van der Waals surface area contributed by atoms with Gasteiger partial charge in [-0.05, 0) is 98.1 Å². The van der Waals surface area contributed by atoms with Gasteiger partial charge in [0.25, 0.3) is 0 Å². The van der Waals surface area contributed by atoms with Crippen molar-refractivity contribution >= 4 is 17.1 Å². The zero-order valence-electron chi connectivity index (χ0n) is 36.8. The van der Waals surface area contributed by atoms with Crippen LogP contribution in [0.1, 0.15) is 0 Å². The molecule has 3 heteroatoms. The summed E-state index contributed by atoms with van der Waals surface area (Å²) in [6.07, 6.45) is 0. The summed E-state index contributed by atoms with van der Waals surface area (Å²) in [6.45, 7) is 0. The Morgan fingerprint density at radius 3 is 0.672 bits per heavy atom. The van der Waals surface area contributed by atoms with Gasteiger partial charge in [-0.2, -0.15) is 0 Å². The van der Waals surface area contributed by atoms with Crippen LogP contribution in [0.25, 0.3) is 89.5 Å². The lowest BCUT2D eigenvalue weighted by molar-refractivity contribution is 1.18. The summed E-state index contributed by atoms with van der Waals surface area (Å²) in [7, 11) is 0. The maximum atomic E-state index is 5.10. The second-order valence-electron chi connectivity index (χ2n) is 16.6.